The van der Waals surface area contributed by atoms with Gasteiger partial charge in [-0.3, -0.25) is 14.7 Å². The molecule has 0 aromatic carbocycles. The molecule has 3 heterocycles. The second-order valence-corrected chi connectivity index (χ2v) is 8.57. The molecule has 2 aliphatic heterocycles. The molecule has 0 bridgehead atoms. The molecule has 1 amide bonds. The number of nitrogens with one attached hydrogen (secondary N) is 1. The standard InChI is InChI=1S/C21H31N3O2/c25-20(12-17-3-10-26-11-4-17)23-19-13-21(14-19)5-8-24(9-6-21)16-18-2-1-7-22-15-18/h1-2,7,15,17,19H,3-6,8-14,16H2,(H,23,25). The highest BCUT2D eigenvalue weighted by Gasteiger charge is 2.46. The fourth-order valence-corrected chi connectivity index (χ4v) is 4.93. The molecule has 142 valence electrons. The Balaban J connectivity index is 1.16. The first kappa shape index (κ1) is 17.9. The average Bonchev–Trinajstić information content (AvgIpc) is 2.64. The third kappa shape index (κ3) is 4.44. The molecular formula is C21H31N3O2. The molecule has 0 atom stereocenters. The topological polar surface area (TPSA) is 54.5 Å². The zero-order valence-corrected chi connectivity index (χ0v) is 15.7. The van der Waals surface area contributed by atoms with Gasteiger partial charge in [-0.2, -0.15) is 0 Å². The van der Waals surface area contributed by atoms with Crippen LogP contribution < -0.4 is 5.32 Å². The first-order valence-electron chi connectivity index (χ1n) is 10.2. The van der Waals surface area contributed by atoms with Crippen molar-refractivity contribution in [1.82, 2.24) is 15.2 Å². The maximum atomic E-state index is 12.3. The molecule has 5 heteroatoms. The lowest BCUT2D eigenvalue weighted by Gasteiger charge is -2.52. The van der Waals surface area contributed by atoms with E-state index in [0.717, 1.165) is 45.7 Å². The Morgan fingerprint density at radius 1 is 1.27 bits per heavy atom. The number of hydrogen-bond acceptors (Lipinski definition) is 4. The summed E-state index contributed by atoms with van der Waals surface area (Å²) in [7, 11) is 0. The molecule has 1 saturated carbocycles. The van der Waals surface area contributed by atoms with Crippen molar-refractivity contribution in [3.8, 4) is 0 Å². The summed E-state index contributed by atoms with van der Waals surface area (Å²) < 4.78 is 5.38. The number of nitrogens with zero attached hydrogens (tertiary/aromatic N) is 2. The van der Waals surface area contributed by atoms with Crippen molar-refractivity contribution in [2.24, 2.45) is 11.3 Å². The Kier molecular flexibility index (Phi) is 5.55. The van der Waals surface area contributed by atoms with E-state index < -0.39 is 0 Å². The van der Waals surface area contributed by atoms with E-state index in [1.165, 1.54) is 31.2 Å². The van der Waals surface area contributed by atoms with Gasteiger partial charge in [-0.05, 0) is 74.6 Å². The van der Waals surface area contributed by atoms with E-state index in [1.54, 1.807) is 0 Å². The highest BCUT2D eigenvalue weighted by atomic mass is 16.5. The smallest absolute Gasteiger partial charge is 0.220 e. The van der Waals surface area contributed by atoms with Gasteiger partial charge in [-0.25, -0.2) is 0 Å². The molecule has 1 aromatic heterocycles. The lowest BCUT2D eigenvalue weighted by molar-refractivity contribution is -0.125. The van der Waals surface area contributed by atoms with Gasteiger partial charge in [-0.15, -0.1) is 0 Å². The van der Waals surface area contributed by atoms with Crippen LogP contribution in [0.5, 0.6) is 0 Å². The fraction of sp³-hybridized carbons (Fsp3) is 0.714. The summed E-state index contributed by atoms with van der Waals surface area (Å²) >= 11 is 0. The summed E-state index contributed by atoms with van der Waals surface area (Å²) in [6.45, 7) is 4.98. The number of carbonyl (C=O) groups is 1. The number of aromatic nitrogens is 1. The highest BCUT2D eigenvalue weighted by molar-refractivity contribution is 5.76. The summed E-state index contributed by atoms with van der Waals surface area (Å²) in [5.74, 6) is 0.777. The number of pyridine rings is 1. The van der Waals surface area contributed by atoms with Gasteiger partial charge in [-0.1, -0.05) is 6.07 Å². The number of ether oxygens (including phenoxy) is 1. The van der Waals surface area contributed by atoms with E-state index in [0.29, 0.717) is 23.8 Å². The zero-order valence-electron chi connectivity index (χ0n) is 15.7. The molecular weight excluding hydrogens is 326 g/mol. The van der Waals surface area contributed by atoms with E-state index >= 15 is 0 Å². The molecule has 2 saturated heterocycles. The molecule has 26 heavy (non-hydrogen) atoms. The van der Waals surface area contributed by atoms with Crippen molar-refractivity contribution < 1.29 is 9.53 Å². The van der Waals surface area contributed by atoms with Crippen molar-refractivity contribution >= 4 is 5.91 Å². The second kappa shape index (κ2) is 8.05. The Bertz CT molecular complexity index is 585. The highest BCUT2D eigenvalue weighted by Crippen LogP contribution is 2.49. The van der Waals surface area contributed by atoms with Crippen LogP contribution >= 0.6 is 0 Å². The Labute approximate surface area is 156 Å². The lowest BCUT2D eigenvalue weighted by Crippen LogP contribution is -2.55. The van der Waals surface area contributed by atoms with Gasteiger partial charge in [0.1, 0.15) is 0 Å². The molecule has 3 fully saturated rings. The quantitative estimate of drug-likeness (QED) is 0.880. The van der Waals surface area contributed by atoms with Crippen LogP contribution in [0.4, 0.5) is 0 Å². The average molecular weight is 357 g/mol. The van der Waals surface area contributed by atoms with Gasteiger partial charge in [0.05, 0.1) is 0 Å². The van der Waals surface area contributed by atoms with Gasteiger partial charge < -0.3 is 10.1 Å². The van der Waals surface area contributed by atoms with Gasteiger partial charge in [0.2, 0.25) is 5.91 Å². The number of hydrogen-bond donors (Lipinski definition) is 1. The predicted octanol–water partition coefficient (Wildman–Crippen LogP) is 2.76. The second-order valence-electron chi connectivity index (χ2n) is 8.57. The third-order valence-corrected chi connectivity index (χ3v) is 6.58. The van der Waals surface area contributed by atoms with Crippen molar-refractivity contribution in [2.45, 2.75) is 57.5 Å². The Morgan fingerprint density at radius 2 is 2.04 bits per heavy atom. The van der Waals surface area contributed by atoms with Crippen molar-refractivity contribution in [3.05, 3.63) is 30.1 Å². The molecule has 1 aliphatic carbocycles. The zero-order chi connectivity index (χ0) is 17.8. The summed E-state index contributed by atoms with van der Waals surface area (Å²) in [6, 6.07) is 4.58. The van der Waals surface area contributed by atoms with E-state index in [1.807, 2.05) is 18.5 Å². The maximum absolute atomic E-state index is 12.3. The summed E-state index contributed by atoms with van der Waals surface area (Å²) in [4.78, 5) is 19.0. The van der Waals surface area contributed by atoms with Crippen LogP contribution in [0.2, 0.25) is 0 Å². The predicted molar refractivity (Wildman–Crippen MR) is 101 cm³/mol. The number of piperidine rings is 1. The van der Waals surface area contributed by atoms with Crippen LogP contribution in [-0.4, -0.2) is 48.1 Å². The van der Waals surface area contributed by atoms with Crippen LogP contribution in [0.3, 0.4) is 0 Å². The molecule has 1 N–H and O–H groups in total. The minimum absolute atomic E-state index is 0.255. The van der Waals surface area contributed by atoms with E-state index in [2.05, 4.69) is 21.3 Å². The number of rotatable bonds is 5. The van der Waals surface area contributed by atoms with E-state index in [4.69, 9.17) is 4.74 Å². The van der Waals surface area contributed by atoms with E-state index in [-0.39, 0.29) is 5.91 Å². The monoisotopic (exact) mass is 357 g/mol. The van der Waals surface area contributed by atoms with Crippen LogP contribution in [0.15, 0.2) is 24.5 Å². The van der Waals surface area contributed by atoms with Gasteiger partial charge in [0, 0.05) is 44.6 Å². The number of likely N-dealkylation sites (tertiary alicyclic amines) is 1. The Hall–Kier alpha value is -1.46. The van der Waals surface area contributed by atoms with Crippen LogP contribution in [-0.2, 0) is 16.1 Å². The van der Waals surface area contributed by atoms with Gasteiger partial charge >= 0.3 is 0 Å². The normalized spacial score (nSPS) is 24.3. The summed E-state index contributed by atoms with van der Waals surface area (Å²) in [5, 5.41) is 3.28. The first-order valence-corrected chi connectivity index (χ1v) is 10.2. The minimum atomic E-state index is 0.255. The Morgan fingerprint density at radius 3 is 2.73 bits per heavy atom. The molecule has 1 spiro atoms. The summed E-state index contributed by atoms with van der Waals surface area (Å²) in [5.41, 5.74) is 1.79. The summed E-state index contributed by atoms with van der Waals surface area (Å²) in [6.07, 6.45) is 11.4. The number of amides is 1. The molecule has 3 aliphatic rings. The van der Waals surface area contributed by atoms with Crippen molar-refractivity contribution in [1.29, 1.82) is 0 Å². The molecule has 5 nitrogen and oxygen atoms in total. The van der Waals surface area contributed by atoms with Gasteiger partial charge in [0.15, 0.2) is 0 Å². The lowest BCUT2D eigenvalue weighted by atomic mass is 9.60. The van der Waals surface area contributed by atoms with Crippen molar-refractivity contribution in [2.75, 3.05) is 26.3 Å². The maximum Gasteiger partial charge on any atom is 0.220 e. The van der Waals surface area contributed by atoms with Gasteiger partial charge in [0.25, 0.3) is 0 Å². The molecule has 1 aromatic rings. The fourth-order valence-electron chi connectivity index (χ4n) is 4.93. The van der Waals surface area contributed by atoms with Crippen LogP contribution in [0.1, 0.15) is 50.5 Å². The molecule has 0 unspecified atom stereocenters. The number of carbonyl (C=O) groups excluding carboxylic acids is 1. The van der Waals surface area contributed by atoms with Crippen molar-refractivity contribution in [3.63, 3.8) is 0 Å². The van der Waals surface area contributed by atoms with Crippen LogP contribution in [0.25, 0.3) is 0 Å². The largest absolute Gasteiger partial charge is 0.381 e. The molecule has 4 rings (SSSR count). The molecule has 0 radical (unpaired) electrons. The first-order chi connectivity index (χ1) is 12.7. The SMILES string of the molecule is O=C(CC1CCOCC1)NC1CC2(CCN(Cc3cccnc3)CC2)C1. The van der Waals surface area contributed by atoms with Crippen LogP contribution in [0, 0.1) is 11.3 Å². The van der Waals surface area contributed by atoms with E-state index in [9.17, 15) is 4.79 Å². The minimum Gasteiger partial charge on any atom is -0.381 e. The third-order valence-electron chi connectivity index (χ3n) is 6.58.